The number of fused-ring (bicyclic) bond motifs is 1. The van der Waals surface area contributed by atoms with E-state index in [1.54, 1.807) is 18.2 Å². The molecule has 0 unspecified atom stereocenters. The lowest BCUT2D eigenvalue weighted by molar-refractivity contribution is -0.142. The minimum atomic E-state index is -4.35. The van der Waals surface area contributed by atoms with Crippen LogP contribution < -0.4 is 4.74 Å². The van der Waals surface area contributed by atoms with E-state index in [1.807, 2.05) is 6.92 Å². The van der Waals surface area contributed by atoms with Crippen LogP contribution in [0.2, 0.25) is 0 Å². The van der Waals surface area contributed by atoms with Crippen molar-refractivity contribution < 1.29 is 17.9 Å². The number of nitrogens with zero attached hydrogens (tertiary/aromatic N) is 1. The third-order valence-electron chi connectivity index (χ3n) is 2.80. The Morgan fingerprint density at radius 3 is 2.61 bits per heavy atom. The molecule has 0 saturated carbocycles. The fourth-order valence-electron chi connectivity index (χ4n) is 1.94. The number of rotatable bonds is 3. The molecule has 0 aliphatic rings. The maximum absolute atomic E-state index is 12.8. The van der Waals surface area contributed by atoms with Crippen LogP contribution in [0, 0.1) is 0 Å². The van der Waals surface area contributed by atoms with Gasteiger partial charge in [-0.1, -0.05) is 13.0 Å². The molecule has 98 valence electrons. The first kappa shape index (κ1) is 12.8. The fourth-order valence-corrected chi connectivity index (χ4v) is 1.94. The van der Waals surface area contributed by atoms with Gasteiger partial charge in [-0.25, -0.2) is 0 Å². The number of aryl methyl sites for hydroxylation is 1. The van der Waals surface area contributed by atoms with Crippen molar-refractivity contribution in [3.05, 3.63) is 30.0 Å². The Bertz CT molecular complexity index is 557. The lowest BCUT2D eigenvalue weighted by atomic mass is 10.2. The van der Waals surface area contributed by atoms with Crippen LogP contribution in [-0.4, -0.2) is 11.2 Å². The SMILES string of the molecule is CCCOc1cccc2c1cc(C(F)(F)F)n2C. The van der Waals surface area contributed by atoms with Gasteiger partial charge in [-0.15, -0.1) is 0 Å². The molecule has 0 fully saturated rings. The molecule has 1 aromatic heterocycles. The van der Waals surface area contributed by atoms with Crippen molar-refractivity contribution in [2.45, 2.75) is 19.5 Å². The van der Waals surface area contributed by atoms with Crippen molar-refractivity contribution in [2.24, 2.45) is 7.05 Å². The molecule has 0 aliphatic heterocycles. The molecular formula is C13H14F3NO. The Morgan fingerprint density at radius 2 is 2.00 bits per heavy atom. The van der Waals surface area contributed by atoms with Crippen molar-refractivity contribution in [2.75, 3.05) is 6.61 Å². The highest BCUT2D eigenvalue weighted by Crippen LogP contribution is 2.36. The van der Waals surface area contributed by atoms with Crippen molar-refractivity contribution in [1.82, 2.24) is 4.57 Å². The quantitative estimate of drug-likeness (QED) is 0.811. The monoisotopic (exact) mass is 257 g/mol. The lowest BCUT2D eigenvalue weighted by Crippen LogP contribution is -2.10. The van der Waals surface area contributed by atoms with Gasteiger partial charge in [0.15, 0.2) is 0 Å². The maximum atomic E-state index is 12.8. The first-order chi connectivity index (χ1) is 8.45. The molecule has 0 atom stereocenters. The maximum Gasteiger partial charge on any atom is 0.431 e. The van der Waals surface area contributed by atoms with E-state index < -0.39 is 11.9 Å². The zero-order valence-electron chi connectivity index (χ0n) is 10.2. The molecule has 5 heteroatoms. The van der Waals surface area contributed by atoms with Crippen LogP contribution >= 0.6 is 0 Å². The first-order valence-electron chi connectivity index (χ1n) is 5.73. The highest BCUT2D eigenvalue weighted by atomic mass is 19.4. The van der Waals surface area contributed by atoms with Crippen molar-refractivity contribution in [3.63, 3.8) is 0 Å². The summed E-state index contributed by atoms with van der Waals surface area (Å²) >= 11 is 0. The van der Waals surface area contributed by atoms with Crippen LogP contribution in [0.4, 0.5) is 13.2 Å². The molecule has 2 aromatic rings. The van der Waals surface area contributed by atoms with Gasteiger partial charge in [0.1, 0.15) is 11.4 Å². The second-order valence-corrected chi connectivity index (χ2v) is 4.12. The molecule has 0 spiro atoms. The van der Waals surface area contributed by atoms with E-state index >= 15 is 0 Å². The van der Waals surface area contributed by atoms with Gasteiger partial charge in [-0.05, 0) is 24.6 Å². The number of benzene rings is 1. The van der Waals surface area contributed by atoms with E-state index in [9.17, 15) is 13.2 Å². The number of hydrogen-bond acceptors (Lipinski definition) is 1. The number of alkyl halides is 3. The van der Waals surface area contributed by atoms with E-state index in [1.165, 1.54) is 7.05 Å². The van der Waals surface area contributed by atoms with E-state index in [2.05, 4.69) is 0 Å². The topological polar surface area (TPSA) is 14.2 Å². The van der Waals surface area contributed by atoms with Gasteiger partial charge in [0.2, 0.25) is 0 Å². The molecule has 2 rings (SSSR count). The molecule has 0 radical (unpaired) electrons. The Hall–Kier alpha value is -1.65. The Morgan fingerprint density at radius 1 is 1.28 bits per heavy atom. The van der Waals surface area contributed by atoms with E-state index in [4.69, 9.17) is 4.74 Å². The van der Waals surface area contributed by atoms with Gasteiger partial charge < -0.3 is 9.30 Å². The number of ether oxygens (including phenoxy) is 1. The van der Waals surface area contributed by atoms with Crippen molar-refractivity contribution in [3.8, 4) is 5.75 Å². The van der Waals surface area contributed by atoms with Gasteiger partial charge in [-0.2, -0.15) is 13.2 Å². The second kappa shape index (κ2) is 4.55. The molecule has 0 saturated heterocycles. The van der Waals surface area contributed by atoms with E-state index in [-0.39, 0.29) is 0 Å². The summed E-state index contributed by atoms with van der Waals surface area (Å²) in [6, 6.07) is 6.19. The minimum Gasteiger partial charge on any atom is -0.493 e. The summed E-state index contributed by atoms with van der Waals surface area (Å²) in [4.78, 5) is 0. The Kier molecular flexibility index (Phi) is 3.24. The first-order valence-corrected chi connectivity index (χ1v) is 5.73. The van der Waals surface area contributed by atoms with Gasteiger partial charge in [-0.3, -0.25) is 0 Å². The molecule has 18 heavy (non-hydrogen) atoms. The van der Waals surface area contributed by atoms with Crippen LogP contribution in [0.15, 0.2) is 24.3 Å². The third-order valence-corrected chi connectivity index (χ3v) is 2.80. The molecule has 1 aromatic carbocycles. The zero-order valence-corrected chi connectivity index (χ0v) is 10.2. The molecular weight excluding hydrogens is 243 g/mol. The average Bonchev–Trinajstić information content (AvgIpc) is 2.65. The molecule has 0 amide bonds. The Balaban J connectivity index is 2.57. The molecule has 0 aliphatic carbocycles. The highest BCUT2D eigenvalue weighted by Gasteiger charge is 2.34. The number of halogens is 3. The summed E-state index contributed by atoms with van der Waals surface area (Å²) in [5, 5.41) is 0.501. The van der Waals surface area contributed by atoms with Gasteiger partial charge in [0.25, 0.3) is 0 Å². The van der Waals surface area contributed by atoms with Gasteiger partial charge in [0, 0.05) is 12.4 Å². The predicted molar refractivity (Wildman–Crippen MR) is 63.7 cm³/mol. The molecule has 1 heterocycles. The van der Waals surface area contributed by atoms with E-state index in [0.717, 1.165) is 17.1 Å². The summed E-state index contributed by atoms with van der Waals surface area (Å²) in [7, 11) is 1.41. The molecule has 2 nitrogen and oxygen atoms in total. The third kappa shape index (κ3) is 2.17. The van der Waals surface area contributed by atoms with Crippen LogP contribution in [0.25, 0.3) is 10.9 Å². The molecule has 0 N–H and O–H groups in total. The van der Waals surface area contributed by atoms with Crippen LogP contribution in [0.1, 0.15) is 19.0 Å². The van der Waals surface area contributed by atoms with Crippen LogP contribution in [0.5, 0.6) is 5.75 Å². The predicted octanol–water partition coefficient (Wildman–Crippen LogP) is 3.99. The highest BCUT2D eigenvalue weighted by molar-refractivity contribution is 5.87. The standard InChI is InChI=1S/C13H14F3NO/c1-3-7-18-11-6-4-5-10-9(11)8-12(17(10)2)13(14,15)16/h4-6,8H,3,7H2,1-2H3. The normalized spacial score (nSPS) is 12.1. The lowest BCUT2D eigenvalue weighted by Gasteiger charge is -2.07. The fraction of sp³-hybridized carbons (Fsp3) is 0.385. The van der Waals surface area contributed by atoms with Gasteiger partial charge in [0.05, 0.1) is 12.1 Å². The summed E-state index contributed by atoms with van der Waals surface area (Å²) in [5.41, 5.74) is -0.138. The smallest absolute Gasteiger partial charge is 0.431 e. The number of hydrogen-bond donors (Lipinski definition) is 0. The van der Waals surface area contributed by atoms with E-state index in [0.29, 0.717) is 23.3 Å². The summed E-state index contributed by atoms with van der Waals surface area (Å²) < 4.78 is 45.0. The van der Waals surface area contributed by atoms with Crippen LogP contribution in [-0.2, 0) is 13.2 Å². The summed E-state index contributed by atoms with van der Waals surface area (Å²) in [6.45, 7) is 2.45. The summed E-state index contributed by atoms with van der Waals surface area (Å²) in [5.74, 6) is 0.500. The van der Waals surface area contributed by atoms with Crippen LogP contribution in [0.3, 0.4) is 0 Å². The number of aromatic nitrogens is 1. The largest absolute Gasteiger partial charge is 0.493 e. The van der Waals surface area contributed by atoms with Gasteiger partial charge >= 0.3 is 6.18 Å². The zero-order chi connectivity index (χ0) is 13.3. The van der Waals surface area contributed by atoms with Crippen molar-refractivity contribution in [1.29, 1.82) is 0 Å². The Labute approximate surface area is 103 Å². The molecule has 0 bridgehead atoms. The average molecular weight is 257 g/mol. The second-order valence-electron chi connectivity index (χ2n) is 4.12. The summed E-state index contributed by atoms with van der Waals surface area (Å²) in [6.07, 6.45) is -3.54. The van der Waals surface area contributed by atoms with Crippen molar-refractivity contribution >= 4 is 10.9 Å². The minimum absolute atomic E-state index is 0.495.